The van der Waals surface area contributed by atoms with Crippen molar-refractivity contribution in [3.05, 3.63) is 94.7 Å². The second kappa shape index (κ2) is 9.18. The summed E-state index contributed by atoms with van der Waals surface area (Å²) in [6.07, 6.45) is 0. The summed E-state index contributed by atoms with van der Waals surface area (Å²) in [6.45, 7) is 1.86. The number of carbonyl (C=O) groups is 3. The van der Waals surface area contributed by atoms with Crippen LogP contribution < -0.4 is 19.7 Å². The molecule has 8 heteroatoms. The summed E-state index contributed by atoms with van der Waals surface area (Å²) in [7, 11) is 1.49. The summed E-state index contributed by atoms with van der Waals surface area (Å²) in [4.78, 5) is 39.0. The molecule has 1 heterocycles. The molecule has 7 nitrogen and oxygen atoms in total. The summed E-state index contributed by atoms with van der Waals surface area (Å²) in [5, 5.41) is 2.68. The van der Waals surface area contributed by atoms with Crippen molar-refractivity contribution in [2.45, 2.75) is 6.92 Å². The molecule has 3 aromatic rings. The largest absolute Gasteiger partial charge is 0.493 e. The maximum absolute atomic E-state index is 12.9. The van der Waals surface area contributed by atoms with Gasteiger partial charge in [0.15, 0.2) is 11.5 Å². The predicted octanol–water partition coefficient (Wildman–Crippen LogP) is 4.66. The van der Waals surface area contributed by atoms with Crippen LogP contribution >= 0.6 is 11.6 Å². The molecule has 166 valence electrons. The topological polar surface area (TPSA) is 84.9 Å². The summed E-state index contributed by atoms with van der Waals surface area (Å²) >= 11 is 6.18. The maximum atomic E-state index is 12.9. The summed E-state index contributed by atoms with van der Waals surface area (Å²) in [5.41, 5.74) is 2.08. The van der Waals surface area contributed by atoms with Crippen LogP contribution in [0.4, 0.5) is 11.4 Å². The lowest BCUT2D eigenvalue weighted by molar-refractivity contribution is -0.120. The zero-order valence-electron chi connectivity index (χ0n) is 17.8. The van der Waals surface area contributed by atoms with E-state index in [2.05, 4.69) is 5.32 Å². The molecule has 0 bridgehead atoms. The smallest absolute Gasteiger partial charge is 0.343 e. The number of esters is 1. The van der Waals surface area contributed by atoms with Gasteiger partial charge in [-0.25, -0.2) is 9.69 Å². The maximum Gasteiger partial charge on any atom is 0.343 e. The molecular formula is C25H19ClN2O5. The lowest BCUT2D eigenvalue weighted by Crippen LogP contribution is -2.32. The van der Waals surface area contributed by atoms with Crippen LogP contribution in [0.5, 0.6) is 11.5 Å². The molecule has 4 rings (SSSR count). The third-order valence-corrected chi connectivity index (χ3v) is 5.30. The Balaban J connectivity index is 1.49. The molecule has 1 aliphatic rings. The summed E-state index contributed by atoms with van der Waals surface area (Å²) < 4.78 is 10.6. The Morgan fingerprint density at radius 1 is 0.909 bits per heavy atom. The number of imide groups is 1. The van der Waals surface area contributed by atoms with Crippen LogP contribution in [0.25, 0.3) is 0 Å². The Morgan fingerprint density at radius 2 is 1.61 bits per heavy atom. The van der Waals surface area contributed by atoms with Crippen molar-refractivity contribution in [1.82, 2.24) is 0 Å². The Labute approximate surface area is 195 Å². The number of carbonyl (C=O) groups excluding carboxylic acids is 3. The molecule has 33 heavy (non-hydrogen) atoms. The highest BCUT2D eigenvalue weighted by Crippen LogP contribution is 2.31. The number of hydrogen-bond donors (Lipinski definition) is 1. The van der Waals surface area contributed by atoms with Crippen molar-refractivity contribution in [3.63, 3.8) is 0 Å². The number of amides is 2. The van der Waals surface area contributed by atoms with Crippen LogP contribution in [-0.2, 0) is 9.59 Å². The van der Waals surface area contributed by atoms with Gasteiger partial charge in [0.25, 0.3) is 11.8 Å². The molecule has 0 aliphatic carbocycles. The molecule has 1 aliphatic heterocycles. The minimum Gasteiger partial charge on any atom is -0.493 e. The van der Waals surface area contributed by atoms with E-state index >= 15 is 0 Å². The van der Waals surface area contributed by atoms with Crippen molar-refractivity contribution >= 4 is 40.8 Å². The number of nitrogens with zero attached hydrogens (tertiary/aromatic N) is 1. The molecule has 0 saturated carbocycles. The fourth-order valence-corrected chi connectivity index (χ4v) is 3.52. The van der Waals surface area contributed by atoms with Crippen LogP contribution in [0, 0.1) is 6.92 Å². The summed E-state index contributed by atoms with van der Waals surface area (Å²) in [5.74, 6) is -0.994. The molecule has 0 unspecified atom stereocenters. The van der Waals surface area contributed by atoms with Gasteiger partial charge in [0.2, 0.25) is 0 Å². The minimum absolute atomic E-state index is 0.0347. The average molecular weight is 463 g/mol. The van der Waals surface area contributed by atoms with Crippen LogP contribution in [-0.4, -0.2) is 24.9 Å². The highest BCUT2D eigenvalue weighted by Gasteiger charge is 2.39. The van der Waals surface area contributed by atoms with Crippen LogP contribution in [0.15, 0.2) is 83.5 Å². The fourth-order valence-electron chi connectivity index (χ4n) is 3.31. The highest BCUT2D eigenvalue weighted by atomic mass is 35.5. The van der Waals surface area contributed by atoms with E-state index in [9.17, 15) is 14.4 Å². The number of methoxy groups -OCH3 is 1. The number of hydrogen-bond acceptors (Lipinski definition) is 6. The number of halogens is 1. The van der Waals surface area contributed by atoms with Gasteiger partial charge in [-0.1, -0.05) is 35.9 Å². The SMILES string of the molecule is COc1ccccc1OC(=O)c1ccc(NC2=C(Cl)C(=O)N(c3cccc(C)c3)C2=O)cc1. The molecule has 0 atom stereocenters. The number of ether oxygens (including phenoxy) is 2. The molecule has 0 radical (unpaired) electrons. The van der Waals surface area contributed by atoms with E-state index in [-0.39, 0.29) is 10.7 Å². The van der Waals surface area contributed by atoms with E-state index in [0.717, 1.165) is 10.5 Å². The van der Waals surface area contributed by atoms with E-state index < -0.39 is 17.8 Å². The van der Waals surface area contributed by atoms with E-state index in [1.807, 2.05) is 13.0 Å². The quantitative estimate of drug-likeness (QED) is 0.326. The van der Waals surface area contributed by atoms with Gasteiger partial charge < -0.3 is 14.8 Å². The Kier molecular flexibility index (Phi) is 6.15. The zero-order chi connectivity index (χ0) is 23.5. The standard InChI is InChI=1S/C25H19ClN2O5/c1-15-6-5-7-18(14-15)28-23(29)21(26)22(24(28)30)27-17-12-10-16(11-13-17)25(31)33-20-9-4-3-8-19(20)32-2/h3-14,27H,1-2H3. The number of nitrogens with one attached hydrogen (secondary N) is 1. The van der Waals surface area contributed by atoms with Crippen LogP contribution in [0.1, 0.15) is 15.9 Å². The number of aryl methyl sites for hydroxylation is 1. The Hall–Kier alpha value is -4.10. The van der Waals surface area contributed by atoms with Gasteiger partial charge in [-0.15, -0.1) is 0 Å². The molecule has 3 aromatic carbocycles. The van der Waals surface area contributed by atoms with Gasteiger partial charge in [-0.2, -0.15) is 0 Å². The number of benzene rings is 3. The van der Waals surface area contributed by atoms with Gasteiger partial charge in [-0.05, 0) is 61.0 Å². The van der Waals surface area contributed by atoms with E-state index in [1.54, 1.807) is 54.6 Å². The zero-order valence-corrected chi connectivity index (χ0v) is 18.6. The molecule has 0 spiro atoms. The van der Waals surface area contributed by atoms with Gasteiger partial charge in [0.1, 0.15) is 10.7 Å². The lowest BCUT2D eigenvalue weighted by atomic mass is 10.2. The van der Waals surface area contributed by atoms with Crippen molar-refractivity contribution in [2.24, 2.45) is 0 Å². The van der Waals surface area contributed by atoms with Gasteiger partial charge in [-0.3, -0.25) is 9.59 Å². The molecule has 0 fully saturated rings. The molecule has 0 saturated heterocycles. The van der Waals surface area contributed by atoms with E-state index in [0.29, 0.717) is 28.4 Å². The third-order valence-electron chi connectivity index (χ3n) is 4.95. The number of rotatable bonds is 6. The van der Waals surface area contributed by atoms with Gasteiger partial charge in [0, 0.05) is 5.69 Å². The molecular weight excluding hydrogens is 444 g/mol. The van der Waals surface area contributed by atoms with Gasteiger partial charge in [0.05, 0.1) is 18.4 Å². The Bertz CT molecular complexity index is 1280. The predicted molar refractivity (Wildman–Crippen MR) is 125 cm³/mol. The van der Waals surface area contributed by atoms with Crippen LogP contribution in [0.3, 0.4) is 0 Å². The number of para-hydroxylation sites is 2. The van der Waals surface area contributed by atoms with Gasteiger partial charge >= 0.3 is 5.97 Å². The van der Waals surface area contributed by atoms with Crippen molar-refractivity contribution in [2.75, 3.05) is 17.3 Å². The monoisotopic (exact) mass is 462 g/mol. The average Bonchev–Trinajstić information content (AvgIpc) is 3.03. The second-order valence-corrected chi connectivity index (χ2v) is 7.59. The molecule has 1 N–H and O–H groups in total. The molecule has 2 amide bonds. The first kappa shape index (κ1) is 22.1. The summed E-state index contributed by atoms with van der Waals surface area (Å²) in [6, 6.07) is 20.1. The van der Waals surface area contributed by atoms with Crippen molar-refractivity contribution in [3.8, 4) is 11.5 Å². The minimum atomic E-state index is -0.605. The Morgan fingerprint density at radius 3 is 2.27 bits per heavy atom. The van der Waals surface area contributed by atoms with E-state index in [4.69, 9.17) is 21.1 Å². The first-order valence-electron chi connectivity index (χ1n) is 9.96. The van der Waals surface area contributed by atoms with Crippen molar-refractivity contribution < 1.29 is 23.9 Å². The highest BCUT2D eigenvalue weighted by molar-refractivity contribution is 6.53. The third kappa shape index (κ3) is 4.44. The lowest BCUT2D eigenvalue weighted by Gasteiger charge is -2.15. The molecule has 0 aromatic heterocycles. The van der Waals surface area contributed by atoms with E-state index in [1.165, 1.54) is 19.2 Å². The first-order chi connectivity index (χ1) is 15.9. The number of anilines is 2. The normalized spacial score (nSPS) is 13.4. The first-order valence-corrected chi connectivity index (χ1v) is 10.3. The fraction of sp³-hybridized carbons (Fsp3) is 0.0800. The van der Waals surface area contributed by atoms with Crippen molar-refractivity contribution in [1.29, 1.82) is 0 Å². The second-order valence-electron chi connectivity index (χ2n) is 7.22. The van der Waals surface area contributed by atoms with Crippen LogP contribution in [0.2, 0.25) is 0 Å².